The molecule has 0 radical (unpaired) electrons. The van der Waals surface area contributed by atoms with Crippen molar-refractivity contribution in [2.45, 2.75) is 64.2 Å². The van der Waals surface area contributed by atoms with Crippen molar-refractivity contribution in [3.63, 3.8) is 0 Å². The maximum Gasteiger partial charge on any atom is 0.286 e. The average molecular weight is 443 g/mol. The maximum atomic E-state index is 12.8. The van der Waals surface area contributed by atoms with Crippen LogP contribution in [-0.2, 0) is 39.4 Å². The van der Waals surface area contributed by atoms with Crippen LogP contribution in [0.3, 0.4) is 0 Å². The lowest BCUT2D eigenvalue weighted by atomic mass is 10.4. The van der Waals surface area contributed by atoms with E-state index in [1.807, 2.05) is 13.8 Å². The Balaban J connectivity index is 1.52. The van der Waals surface area contributed by atoms with Gasteiger partial charge in [0.05, 0.1) is 0 Å². The first-order valence-electron chi connectivity index (χ1n) is 9.26. The molecule has 6 atom stereocenters. The zero-order valence-corrected chi connectivity index (χ0v) is 17.8. The van der Waals surface area contributed by atoms with Gasteiger partial charge in [-0.2, -0.15) is 34.1 Å². The zero-order chi connectivity index (χ0) is 20.4. The molecular weight excluding hydrogens is 416 g/mol. The Labute approximate surface area is 165 Å². The fraction of sp³-hybridized carbons (Fsp3) is 1.00. The van der Waals surface area contributed by atoms with E-state index in [-0.39, 0.29) is 0 Å². The van der Waals surface area contributed by atoms with E-state index in [4.69, 9.17) is 18.9 Å². The molecule has 4 aliphatic heterocycles. The van der Waals surface area contributed by atoms with Crippen LogP contribution in [0.4, 0.5) is 0 Å². The quantitative estimate of drug-likeness (QED) is 0.523. The van der Waals surface area contributed by atoms with E-state index in [9.17, 15) is 16.8 Å². The Morgan fingerprint density at radius 3 is 1.36 bits per heavy atom. The molecule has 0 saturated carbocycles. The molecular formula is C14H26N4O8S2. The molecule has 0 N–H and O–H groups in total. The number of rotatable bonds is 5. The van der Waals surface area contributed by atoms with Crippen molar-refractivity contribution in [1.82, 2.24) is 17.2 Å². The van der Waals surface area contributed by atoms with Gasteiger partial charge in [0.1, 0.15) is 0 Å². The Morgan fingerprint density at radius 1 is 0.643 bits per heavy atom. The van der Waals surface area contributed by atoms with Gasteiger partial charge in [-0.15, -0.1) is 0 Å². The Kier molecular flexibility index (Phi) is 5.27. The van der Waals surface area contributed by atoms with Crippen LogP contribution in [0.2, 0.25) is 0 Å². The lowest BCUT2D eigenvalue weighted by Gasteiger charge is -2.26. The Hall–Kier alpha value is -0.420. The number of likely N-dealkylation sites (N-methyl/N-ethyl adjacent to an activating group) is 2. The molecule has 28 heavy (non-hydrogen) atoms. The fourth-order valence-corrected chi connectivity index (χ4v) is 7.05. The number of nitrogens with zero attached hydrogens (tertiary/aromatic N) is 4. The van der Waals surface area contributed by atoms with Gasteiger partial charge in [-0.25, -0.2) is 0 Å². The molecule has 4 aliphatic rings. The highest BCUT2D eigenvalue weighted by Gasteiger charge is 2.62. The second-order valence-electron chi connectivity index (χ2n) is 7.11. The van der Waals surface area contributed by atoms with Crippen LogP contribution in [0.25, 0.3) is 0 Å². The predicted octanol–water partition coefficient (Wildman–Crippen LogP) is -1.16. The summed E-state index contributed by atoms with van der Waals surface area (Å²) in [6.45, 7) is 4.38. The van der Waals surface area contributed by atoms with Crippen LogP contribution in [0.5, 0.6) is 0 Å². The van der Waals surface area contributed by atoms with Crippen molar-refractivity contribution in [2.75, 3.05) is 27.2 Å². The minimum absolute atomic E-state index is 0.307. The lowest BCUT2D eigenvalue weighted by Crippen LogP contribution is -2.42. The molecule has 0 bridgehead atoms. The van der Waals surface area contributed by atoms with Crippen LogP contribution >= 0.6 is 0 Å². The summed E-state index contributed by atoms with van der Waals surface area (Å²) in [5.74, 6) is 0. The maximum absolute atomic E-state index is 12.8. The largest absolute Gasteiger partial charge is 0.324 e. The molecule has 0 aromatic heterocycles. The molecule has 14 heteroatoms. The molecule has 0 aromatic rings. The standard InChI is InChI=1S/C14H26N4O8S2/c1-5-7-17-11-12(18(8-6-2)28(17,21)22)26-14(25-11)13-23-9-10(24-13)16(4)27(19,20)15(9)3/h9-14H,5-8H2,1-4H3/t9-,10+,11-,12+,13?,14?. The van der Waals surface area contributed by atoms with Gasteiger partial charge in [-0.1, -0.05) is 13.8 Å². The molecule has 4 rings (SSSR count). The van der Waals surface area contributed by atoms with E-state index in [1.54, 1.807) is 0 Å². The number of fused-ring (bicyclic) bond motifs is 2. The normalized spacial score (nSPS) is 43.6. The second-order valence-corrected chi connectivity index (χ2v) is 11.0. The predicted molar refractivity (Wildman–Crippen MR) is 94.4 cm³/mol. The summed E-state index contributed by atoms with van der Waals surface area (Å²) in [6.07, 6.45) is -3.93. The zero-order valence-electron chi connectivity index (χ0n) is 16.2. The summed E-state index contributed by atoms with van der Waals surface area (Å²) in [5, 5.41) is 0. The Morgan fingerprint density at radius 2 is 1.00 bits per heavy atom. The first kappa shape index (κ1) is 20.8. The fourth-order valence-electron chi connectivity index (χ4n) is 3.88. The average Bonchev–Trinajstić information content (AvgIpc) is 3.32. The molecule has 162 valence electrons. The highest BCUT2D eigenvalue weighted by molar-refractivity contribution is 7.87. The Bertz CT molecular complexity index is 771. The highest BCUT2D eigenvalue weighted by atomic mass is 32.2. The van der Waals surface area contributed by atoms with Crippen LogP contribution in [0.15, 0.2) is 0 Å². The van der Waals surface area contributed by atoms with Crippen LogP contribution in [-0.4, -0.2) is 98.7 Å². The van der Waals surface area contributed by atoms with Crippen LogP contribution in [0, 0.1) is 0 Å². The third-order valence-corrected chi connectivity index (χ3v) is 9.13. The van der Waals surface area contributed by atoms with Gasteiger partial charge in [-0.05, 0) is 12.8 Å². The molecule has 12 nitrogen and oxygen atoms in total. The molecule has 0 spiro atoms. The van der Waals surface area contributed by atoms with E-state index in [0.29, 0.717) is 25.9 Å². The third-order valence-electron chi connectivity index (χ3n) is 5.30. The van der Waals surface area contributed by atoms with Gasteiger partial charge in [-0.3, -0.25) is 0 Å². The summed E-state index contributed by atoms with van der Waals surface area (Å²) in [7, 11) is -4.48. The van der Waals surface area contributed by atoms with Gasteiger partial charge >= 0.3 is 0 Å². The summed E-state index contributed by atoms with van der Waals surface area (Å²) < 4.78 is 77.9. The minimum Gasteiger partial charge on any atom is -0.324 e. The van der Waals surface area contributed by atoms with Gasteiger partial charge < -0.3 is 18.9 Å². The molecule has 0 aromatic carbocycles. The van der Waals surface area contributed by atoms with Gasteiger partial charge in [0.15, 0.2) is 24.9 Å². The number of ether oxygens (including phenoxy) is 4. The van der Waals surface area contributed by atoms with Crippen molar-refractivity contribution >= 4 is 20.4 Å². The van der Waals surface area contributed by atoms with Crippen molar-refractivity contribution < 1.29 is 35.8 Å². The van der Waals surface area contributed by atoms with Crippen LogP contribution < -0.4 is 0 Å². The SMILES string of the molecule is CCCN1[C@@H]2OC(C3O[C@@H]4[C@H](O3)N(C)S(=O)(=O)N4C)O[C@@H]2N(CCC)S1(=O)=O. The van der Waals surface area contributed by atoms with Crippen molar-refractivity contribution in [3.05, 3.63) is 0 Å². The minimum atomic E-state index is -3.67. The summed E-state index contributed by atoms with van der Waals surface area (Å²) in [4.78, 5) is 0. The molecule has 2 unspecified atom stereocenters. The lowest BCUT2D eigenvalue weighted by molar-refractivity contribution is -0.237. The van der Waals surface area contributed by atoms with E-state index in [1.165, 1.54) is 22.7 Å². The third kappa shape index (κ3) is 2.85. The van der Waals surface area contributed by atoms with Crippen molar-refractivity contribution in [2.24, 2.45) is 0 Å². The smallest absolute Gasteiger partial charge is 0.286 e. The van der Waals surface area contributed by atoms with Crippen molar-refractivity contribution in [3.8, 4) is 0 Å². The second kappa shape index (κ2) is 7.08. The van der Waals surface area contributed by atoms with E-state index < -0.39 is 57.9 Å². The van der Waals surface area contributed by atoms with Gasteiger partial charge in [0.25, 0.3) is 20.4 Å². The topological polar surface area (TPSA) is 118 Å². The molecule has 4 heterocycles. The molecule has 0 amide bonds. The van der Waals surface area contributed by atoms with Crippen LogP contribution in [0.1, 0.15) is 26.7 Å². The summed E-state index contributed by atoms with van der Waals surface area (Å²) >= 11 is 0. The van der Waals surface area contributed by atoms with Crippen molar-refractivity contribution in [1.29, 1.82) is 0 Å². The molecule has 0 aliphatic carbocycles. The van der Waals surface area contributed by atoms with Gasteiger partial charge in [0.2, 0.25) is 12.6 Å². The van der Waals surface area contributed by atoms with Gasteiger partial charge in [0, 0.05) is 27.2 Å². The molecule has 4 saturated heterocycles. The first-order chi connectivity index (χ1) is 13.1. The number of hydrogen-bond donors (Lipinski definition) is 0. The monoisotopic (exact) mass is 442 g/mol. The van der Waals surface area contributed by atoms with E-state index in [0.717, 1.165) is 8.61 Å². The first-order valence-corrected chi connectivity index (χ1v) is 12.1. The van der Waals surface area contributed by atoms with E-state index in [2.05, 4.69) is 0 Å². The summed E-state index contributed by atoms with van der Waals surface area (Å²) in [5.41, 5.74) is 0. The number of hydrogen-bond acceptors (Lipinski definition) is 8. The molecule has 4 fully saturated rings. The highest BCUT2D eigenvalue weighted by Crippen LogP contribution is 2.41. The van der Waals surface area contributed by atoms with E-state index >= 15 is 0 Å². The summed E-state index contributed by atoms with van der Waals surface area (Å²) in [6, 6.07) is 0.